The van der Waals surface area contributed by atoms with Gasteiger partial charge < -0.3 is 15.4 Å². The third-order valence-corrected chi connectivity index (χ3v) is 4.73. The van der Waals surface area contributed by atoms with Crippen molar-refractivity contribution >= 4 is 29.1 Å². The number of amides is 2. The average molecular weight is 374 g/mol. The summed E-state index contributed by atoms with van der Waals surface area (Å²) in [6, 6.07) is 9.11. The maximum absolute atomic E-state index is 12.1. The van der Waals surface area contributed by atoms with Crippen LogP contribution in [0.15, 0.2) is 35.7 Å². The van der Waals surface area contributed by atoms with Gasteiger partial charge >= 0.3 is 5.97 Å². The van der Waals surface area contributed by atoms with E-state index < -0.39 is 12.1 Å². The van der Waals surface area contributed by atoms with E-state index in [0.717, 1.165) is 16.0 Å². The molecule has 0 aliphatic rings. The van der Waals surface area contributed by atoms with E-state index in [2.05, 4.69) is 10.6 Å². The fourth-order valence-corrected chi connectivity index (χ4v) is 2.81. The van der Waals surface area contributed by atoms with Gasteiger partial charge in [0.05, 0.1) is 6.54 Å². The Morgan fingerprint density at radius 2 is 1.88 bits per heavy atom. The number of esters is 1. The largest absolute Gasteiger partial charge is 0.451 e. The van der Waals surface area contributed by atoms with E-state index in [-0.39, 0.29) is 18.4 Å². The molecule has 1 atom stereocenters. The molecular weight excluding hydrogens is 352 g/mol. The lowest BCUT2D eigenvalue weighted by molar-refractivity contribution is -0.153. The average Bonchev–Trinajstić information content (AvgIpc) is 3.13. The van der Waals surface area contributed by atoms with Gasteiger partial charge in [-0.1, -0.05) is 12.1 Å². The van der Waals surface area contributed by atoms with Gasteiger partial charge in [0.15, 0.2) is 6.10 Å². The molecule has 0 aliphatic carbocycles. The minimum absolute atomic E-state index is 0.297. The summed E-state index contributed by atoms with van der Waals surface area (Å²) in [6.45, 7) is 5.46. The minimum Gasteiger partial charge on any atom is -0.451 e. The van der Waals surface area contributed by atoms with E-state index in [1.54, 1.807) is 12.1 Å². The fraction of sp³-hybridized carbons (Fsp3) is 0.316. The second kappa shape index (κ2) is 9.15. The van der Waals surface area contributed by atoms with Crippen LogP contribution >= 0.6 is 11.3 Å². The molecule has 6 nitrogen and oxygen atoms in total. The fourth-order valence-electron chi connectivity index (χ4n) is 2.16. The molecule has 7 heteroatoms. The Morgan fingerprint density at radius 1 is 1.12 bits per heavy atom. The Bertz CT molecular complexity index is 787. The first-order chi connectivity index (χ1) is 12.4. The van der Waals surface area contributed by atoms with E-state index in [0.29, 0.717) is 12.1 Å². The van der Waals surface area contributed by atoms with E-state index >= 15 is 0 Å². The zero-order valence-electron chi connectivity index (χ0n) is 15.0. The molecule has 2 aromatic rings. The third kappa shape index (κ3) is 5.70. The zero-order valence-corrected chi connectivity index (χ0v) is 15.8. The van der Waals surface area contributed by atoms with E-state index in [1.165, 1.54) is 18.3 Å². The molecule has 0 saturated heterocycles. The number of nitrogens with one attached hydrogen (secondary N) is 2. The second-order valence-corrected chi connectivity index (χ2v) is 6.94. The van der Waals surface area contributed by atoms with Gasteiger partial charge in [-0.25, -0.2) is 0 Å². The molecule has 26 heavy (non-hydrogen) atoms. The summed E-state index contributed by atoms with van der Waals surface area (Å²) in [5, 5.41) is 7.12. The lowest BCUT2D eigenvalue weighted by atomic mass is 10.1. The van der Waals surface area contributed by atoms with E-state index in [1.807, 2.05) is 37.4 Å². The summed E-state index contributed by atoms with van der Waals surface area (Å²) in [6.07, 6.45) is -0.930. The molecule has 0 aliphatic heterocycles. The van der Waals surface area contributed by atoms with Crippen LogP contribution in [0.25, 0.3) is 0 Å². The zero-order chi connectivity index (χ0) is 19.1. The molecule has 1 aromatic carbocycles. The molecule has 0 saturated carbocycles. The summed E-state index contributed by atoms with van der Waals surface area (Å²) in [7, 11) is 0. The van der Waals surface area contributed by atoms with Gasteiger partial charge in [0.25, 0.3) is 11.8 Å². The molecule has 0 radical (unpaired) electrons. The number of hydrogen-bond acceptors (Lipinski definition) is 5. The van der Waals surface area contributed by atoms with Crippen molar-refractivity contribution in [2.75, 3.05) is 6.54 Å². The predicted molar refractivity (Wildman–Crippen MR) is 100.0 cm³/mol. The Morgan fingerprint density at radius 3 is 2.54 bits per heavy atom. The number of rotatable bonds is 7. The van der Waals surface area contributed by atoms with Gasteiger partial charge in [-0.3, -0.25) is 14.4 Å². The molecule has 2 rings (SSSR count). The highest BCUT2D eigenvalue weighted by molar-refractivity contribution is 7.09. The summed E-state index contributed by atoms with van der Waals surface area (Å²) >= 11 is 1.53. The van der Waals surface area contributed by atoms with Gasteiger partial charge in [-0.15, -0.1) is 11.3 Å². The standard InChI is InChI=1S/C19H22N2O4S/c1-12-6-7-15(9-13(12)2)19(24)21-11-17(22)25-14(3)18(23)20-10-16-5-4-8-26-16/h4-9,14H,10-11H2,1-3H3,(H,20,23)(H,21,24)/t14-/m1/s1. The van der Waals surface area contributed by atoms with Gasteiger partial charge in [0, 0.05) is 10.4 Å². The first-order valence-electron chi connectivity index (χ1n) is 8.22. The molecule has 1 heterocycles. The smallest absolute Gasteiger partial charge is 0.326 e. The van der Waals surface area contributed by atoms with Crippen LogP contribution in [0.2, 0.25) is 0 Å². The molecule has 0 fully saturated rings. The molecule has 0 spiro atoms. The minimum atomic E-state index is -0.930. The monoisotopic (exact) mass is 374 g/mol. The number of benzene rings is 1. The van der Waals surface area contributed by atoms with Gasteiger partial charge in [-0.2, -0.15) is 0 Å². The van der Waals surface area contributed by atoms with Crippen LogP contribution in [-0.2, 0) is 20.9 Å². The Labute approximate surface area is 156 Å². The second-order valence-electron chi connectivity index (χ2n) is 5.91. The number of carbonyl (C=O) groups is 3. The Kier molecular flexibility index (Phi) is 6.91. The number of carbonyl (C=O) groups excluding carboxylic acids is 3. The van der Waals surface area contributed by atoms with Crippen molar-refractivity contribution in [1.82, 2.24) is 10.6 Å². The maximum Gasteiger partial charge on any atom is 0.326 e. The van der Waals surface area contributed by atoms with Crippen molar-refractivity contribution in [3.8, 4) is 0 Å². The molecule has 2 N–H and O–H groups in total. The van der Waals surface area contributed by atoms with Crippen LogP contribution in [0.3, 0.4) is 0 Å². The topological polar surface area (TPSA) is 84.5 Å². The highest BCUT2D eigenvalue weighted by atomic mass is 32.1. The van der Waals surface area contributed by atoms with E-state index in [4.69, 9.17) is 4.74 Å². The first-order valence-corrected chi connectivity index (χ1v) is 9.10. The number of aryl methyl sites for hydroxylation is 2. The van der Waals surface area contributed by atoms with Crippen molar-refractivity contribution in [3.05, 3.63) is 57.3 Å². The van der Waals surface area contributed by atoms with Crippen molar-refractivity contribution in [1.29, 1.82) is 0 Å². The van der Waals surface area contributed by atoms with Crippen LogP contribution in [0.1, 0.15) is 33.3 Å². The van der Waals surface area contributed by atoms with Gasteiger partial charge in [0.2, 0.25) is 0 Å². The van der Waals surface area contributed by atoms with Crippen LogP contribution in [0, 0.1) is 13.8 Å². The Hall–Kier alpha value is -2.67. The highest BCUT2D eigenvalue weighted by Gasteiger charge is 2.18. The maximum atomic E-state index is 12.1. The number of hydrogen-bond donors (Lipinski definition) is 2. The van der Waals surface area contributed by atoms with Crippen LogP contribution in [0.4, 0.5) is 0 Å². The molecule has 1 aromatic heterocycles. The normalized spacial score (nSPS) is 11.5. The summed E-state index contributed by atoms with van der Waals surface area (Å²) in [5.74, 6) is -1.41. The van der Waals surface area contributed by atoms with Crippen LogP contribution in [-0.4, -0.2) is 30.4 Å². The van der Waals surface area contributed by atoms with Crippen molar-refractivity contribution in [2.24, 2.45) is 0 Å². The van der Waals surface area contributed by atoms with Crippen LogP contribution in [0.5, 0.6) is 0 Å². The quantitative estimate of drug-likeness (QED) is 0.729. The van der Waals surface area contributed by atoms with Gasteiger partial charge in [0.1, 0.15) is 6.54 Å². The first kappa shape index (κ1) is 19.7. The SMILES string of the molecule is Cc1ccc(C(=O)NCC(=O)O[C@H](C)C(=O)NCc2cccs2)cc1C. The van der Waals surface area contributed by atoms with Crippen molar-refractivity contribution in [2.45, 2.75) is 33.4 Å². The highest BCUT2D eigenvalue weighted by Crippen LogP contribution is 2.10. The van der Waals surface area contributed by atoms with Crippen LogP contribution < -0.4 is 10.6 Å². The summed E-state index contributed by atoms with van der Waals surface area (Å²) < 4.78 is 5.05. The molecule has 138 valence electrons. The Balaban J connectivity index is 1.75. The van der Waals surface area contributed by atoms with E-state index in [9.17, 15) is 14.4 Å². The summed E-state index contributed by atoms with van der Waals surface area (Å²) in [5.41, 5.74) is 2.56. The molecular formula is C19H22N2O4S. The number of ether oxygens (including phenoxy) is 1. The lowest BCUT2D eigenvalue weighted by Crippen LogP contribution is -2.38. The summed E-state index contributed by atoms with van der Waals surface area (Å²) in [4.78, 5) is 36.8. The lowest BCUT2D eigenvalue weighted by Gasteiger charge is -2.13. The molecule has 0 unspecified atom stereocenters. The third-order valence-electron chi connectivity index (χ3n) is 3.86. The predicted octanol–water partition coefficient (Wildman–Crippen LogP) is 2.34. The van der Waals surface area contributed by atoms with Gasteiger partial charge in [-0.05, 0) is 55.5 Å². The van der Waals surface area contributed by atoms with Crippen molar-refractivity contribution < 1.29 is 19.1 Å². The number of thiophene rings is 1. The van der Waals surface area contributed by atoms with Crippen molar-refractivity contribution in [3.63, 3.8) is 0 Å². The molecule has 0 bridgehead atoms. The molecule has 2 amide bonds.